The molecule has 1 aromatic rings. The summed E-state index contributed by atoms with van der Waals surface area (Å²) in [4.78, 5) is 14.1. The zero-order valence-electron chi connectivity index (χ0n) is 12.4. The van der Waals surface area contributed by atoms with Gasteiger partial charge in [-0.15, -0.1) is 0 Å². The maximum absolute atomic E-state index is 12.4. The molecule has 0 saturated carbocycles. The summed E-state index contributed by atoms with van der Waals surface area (Å²) < 4.78 is 5.19. The van der Waals surface area contributed by atoms with Crippen molar-refractivity contribution >= 4 is 5.91 Å². The molecule has 0 spiro atoms. The summed E-state index contributed by atoms with van der Waals surface area (Å²) in [6.07, 6.45) is 0.549. The van der Waals surface area contributed by atoms with Gasteiger partial charge >= 0.3 is 0 Å². The highest BCUT2D eigenvalue weighted by atomic mass is 16.5. The van der Waals surface area contributed by atoms with Crippen molar-refractivity contribution in [2.24, 2.45) is 0 Å². The largest absolute Gasteiger partial charge is 0.495 e. The Morgan fingerprint density at radius 3 is 2.71 bits per heavy atom. The van der Waals surface area contributed by atoms with Gasteiger partial charge in [-0.05, 0) is 31.5 Å². The summed E-state index contributed by atoms with van der Waals surface area (Å²) in [5, 5.41) is 17.7. The first-order valence-electron chi connectivity index (χ1n) is 6.85. The van der Waals surface area contributed by atoms with Crippen molar-refractivity contribution in [1.82, 2.24) is 4.90 Å². The smallest absolute Gasteiger partial charge is 0.253 e. The van der Waals surface area contributed by atoms with Gasteiger partial charge in [-0.2, -0.15) is 0 Å². The van der Waals surface area contributed by atoms with Crippen molar-refractivity contribution in [3.8, 4) is 17.6 Å². The highest BCUT2D eigenvalue weighted by Gasteiger charge is 2.15. The highest BCUT2D eigenvalue weighted by Crippen LogP contribution is 2.20. The second-order valence-corrected chi connectivity index (χ2v) is 4.34. The maximum atomic E-state index is 12.4. The van der Waals surface area contributed by atoms with E-state index in [1.165, 1.54) is 7.11 Å². The van der Waals surface area contributed by atoms with Crippen molar-refractivity contribution in [2.75, 3.05) is 33.4 Å². The minimum Gasteiger partial charge on any atom is -0.495 e. The quantitative estimate of drug-likeness (QED) is 0.764. The minimum absolute atomic E-state index is 0.0552. The van der Waals surface area contributed by atoms with Crippen LogP contribution in [0.15, 0.2) is 18.2 Å². The number of benzene rings is 1. The lowest BCUT2D eigenvalue weighted by atomic mass is 10.1. The first-order valence-corrected chi connectivity index (χ1v) is 6.85. The molecule has 0 atom stereocenters. The lowest BCUT2D eigenvalue weighted by molar-refractivity contribution is 0.0754. The van der Waals surface area contributed by atoms with Crippen LogP contribution in [0, 0.1) is 11.8 Å². The molecule has 0 heterocycles. The zero-order valence-corrected chi connectivity index (χ0v) is 12.4. The van der Waals surface area contributed by atoms with Crippen LogP contribution < -0.4 is 4.74 Å². The van der Waals surface area contributed by atoms with Crippen LogP contribution in [0.1, 0.15) is 29.3 Å². The van der Waals surface area contributed by atoms with E-state index in [0.717, 1.165) is 0 Å². The highest BCUT2D eigenvalue weighted by molar-refractivity contribution is 5.94. The fraction of sp³-hybridized carbons (Fsp3) is 0.438. The van der Waals surface area contributed by atoms with E-state index in [9.17, 15) is 4.79 Å². The SMILES string of the molecule is CCN(CCCO)C(=O)c1ccc(OC)c(C#CCO)c1. The zero-order chi connectivity index (χ0) is 15.7. The fourth-order valence-electron chi connectivity index (χ4n) is 1.92. The lowest BCUT2D eigenvalue weighted by Gasteiger charge is -2.20. The minimum atomic E-state index is -0.251. The number of hydrogen-bond acceptors (Lipinski definition) is 4. The third-order valence-electron chi connectivity index (χ3n) is 3.00. The third-order valence-corrected chi connectivity index (χ3v) is 3.00. The molecule has 0 aliphatic rings. The third kappa shape index (κ3) is 4.78. The number of carbonyl (C=O) groups excluding carboxylic acids is 1. The second kappa shape index (κ2) is 9.01. The summed E-state index contributed by atoms with van der Waals surface area (Å²) >= 11 is 0. The molecule has 21 heavy (non-hydrogen) atoms. The van der Waals surface area contributed by atoms with Crippen molar-refractivity contribution in [3.63, 3.8) is 0 Å². The molecule has 1 rings (SSSR count). The van der Waals surface area contributed by atoms with Gasteiger partial charge in [0.15, 0.2) is 0 Å². The molecule has 5 nitrogen and oxygen atoms in total. The number of hydrogen-bond donors (Lipinski definition) is 2. The predicted molar refractivity (Wildman–Crippen MR) is 80.2 cm³/mol. The second-order valence-electron chi connectivity index (χ2n) is 4.34. The normalized spacial score (nSPS) is 9.71. The average molecular weight is 291 g/mol. The van der Waals surface area contributed by atoms with Crippen molar-refractivity contribution in [2.45, 2.75) is 13.3 Å². The maximum Gasteiger partial charge on any atom is 0.253 e. The molecule has 0 aliphatic heterocycles. The molecular weight excluding hydrogens is 270 g/mol. The summed E-state index contributed by atoms with van der Waals surface area (Å²) in [7, 11) is 1.53. The Labute approximate surface area is 125 Å². The molecule has 0 aliphatic carbocycles. The summed E-state index contributed by atoms with van der Waals surface area (Å²) in [5.74, 6) is 5.77. The molecule has 0 radical (unpaired) electrons. The van der Waals surface area contributed by atoms with Crippen molar-refractivity contribution in [1.29, 1.82) is 0 Å². The van der Waals surface area contributed by atoms with Gasteiger partial charge in [-0.1, -0.05) is 11.8 Å². The van der Waals surface area contributed by atoms with Crippen LogP contribution in [0.5, 0.6) is 5.75 Å². The Hall–Kier alpha value is -2.03. The number of aliphatic hydroxyl groups excluding tert-OH is 2. The molecular formula is C16H21NO4. The van der Waals surface area contributed by atoms with Gasteiger partial charge < -0.3 is 19.8 Å². The Bertz CT molecular complexity index is 531. The Kier molecular flexibility index (Phi) is 7.30. The van der Waals surface area contributed by atoms with E-state index < -0.39 is 0 Å². The van der Waals surface area contributed by atoms with Crippen LogP contribution >= 0.6 is 0 Å². The molecule has 0 aromatic heterocycles. The Morgan fingerprint density at radius 2 is 2.14 bits per heavy atom. The van der Waals surface area contributed by atoms with E-state index in [1.54, 1.807) is 23.1 Å². The Balaban J connectivity index is 3.03. The van der Waals surface area contributed by atoms with Crippen molar-refractivity contribution < 1.29 is 19.7 Å². The summed E-state index contributed by atoms with van der Waals surface area (Å²) in [6.45, 7) is 2.78. The molecule has 0 bridgehead atoms. The predicted octanol–water partition coefficient (Wildman–Crippen LogP) is 0.883. The van der Waals surface area contributed by atoms with Gasteiger partial charge in [-0.3, -0.25) is 4.79 Å². The lowest BCUT2D eigenvalue weighted by Crippen LogP contribution is -2.32. The molecule has 114 valence electrons. The Morgan fingerprint density at radius 1 is 1.38 bits per heavy atom. The van der Waals surface area contributed by atoms with Gasteiger partial charge in [0.25, 0.3) is 5.91 Å². The van der Waals surface area contributed by atoms with Gasteiger partial charge in [0, 0.05) is 25.3 Å². The molecule has 1 amide bonds. The number of ether oxygens (including phenoxy) is 1. The number of nitrogens with zero attached hydrogens (tertiary/aromatic N) is 1. The van der Waals surface area contributed by atoms with Crippen LogP contribution in [0.2, 0.25) is 0 Å². The van der Waals surface area contributed by atoms with E-state index in [0.29, 0.717) is 36.4 Å². The monoisotopic (exact) mass is 291 g/mol. The standard InChI is InChI=1S/C16H21NO4/c1-3-17(9-5-11-19)16(20)14-7-8-15(21-2)13(12-14)6-4-10-18/h7-8,12,18-19H,3,5,9-11H2,1-2H3. The van der Waals surface area contributed by atoms with E-state index >= 15 is 0 Å². The van der Waals surface area contributed by atoms with Crippen LogP contribution in [-0.4, -0.2) is 54.4 Å². The van der Waals surface area contributed by atoms with E-state index in [-0.39, 0.29) is 19.1 Å². The molecule has 5 heteroatoms. The summed E-state index contributed by atoms with van der Waals surface area (Å²) in [6, 6.07) is 5.03. The molecule has 0 fully saturated rings. The number of carbonyl (C=O) groups is 1. The van der Waals surface area contributed by atoms with Gasteiger partial charge in [0.2, 0.25) is 0 Å². The first kappa shape index (κ1) is 17.0. The van der Waals surface area contributed by atoms with Gasteiger partial charge in [0.05, 0.1) is 12.7 Å². The van der Waals surface area contributed by atoms with E-state index in [2.05, 4.69) is 11.8 Å². The number of aliphatic hydroxyl groups is 2. The van der Waals surface area contributed by atoms with Gasteiger partial charge in [0.1, 0.15) is 12.4 Å². The number of rotatable bonds is 6. The summed E-state index contributed by atoms with van der Waals surface area (Å²) in [5.41, 5.74) is 1.08. The van der Waals surface area contributed by atoms with Crippen LogP contribution in [-0.2, 0) is 0 Å². The van der Waals surface area contributed by atoms with Crippen LogP contribution in [0.3, 0.4) is 0 Å². The van der Waals surface area contributed by atoms with Crippen LogP contribution in [0.25, 0.3) is 0 Å². The van der Waals surface area contributed by atoms with Crippen molar-refractivity contribution in [3.05, 3.63) is 29.3 Å². The topological polar surface area (TPSA) is 70.0 Å². The molecule has 2 N–H and O–H groups in total. The van der Waals surface area contributed by atoms with Crippen LogP contribution in [0.4, 0.5) is 0 Å². The molecule has 0 unspecified atom stereocenters. The first-order chi connectivity index (χ1) is 10.2. The van der Waals surface area contributed by atoms with Gasteiger partial charge in [-0.25, -0.2) is 0 Å². The number of methoxy groups -OCH3 is 1. The van der Waals surface area contributed by atoms with E-state index in [4.69, 9.17) is 14.9 Å². The van der Waals surface area contributed by atoms with E-state index in [1.807, 2.05) is 6.92 Å². The molecule has 1 aromatic carbocycles. The average Bonchev–Trinajstić information content (AvgIpc) is 2.53. The fourth-order valence-corrected chi connectivity index (χ4v) is 1.92. The number of amides is 1. The molecule has 0 saturated heterocycles.